The molecule has 1 N–H and O–H groups in total. The van der Waals surface area contributed by atoms with Gasteiger partial charge in [0.1, 0.15) is 6.04 Å². The van der Waals surface area contributed by atoms with E-state index in [0.29, 0.717) is 6.54 Å². The Kier molecular flexibility index (Phi) is 5.29. The molecule has 0 saturated heterocycles. The lowest BCUT2D eigenvalue weighted by Gasteiger charge is -2.11. The zero-order chi connectivity index (χ0) is 13.5. The van der Waals surface area contributed by atoms with Crippen molar-refractivity contribution in [3.63, 3.8) is 0 Å². The van der Waals surface area contributed by atoms with Crippen LogP contribution in [0.5, 0.6) is 0 Å². The lowest BCUT2D eigenvalue weighted by Crippen LogP contribution is -2.32. The normalized spacial score (nSPS) is 11.9. The molecular formula is C11H18N4O3. The topological polar surface area (TPSA) is 86.1 Å². The van der Waals surface area contributed by atoms with E-state index in [-0.39, 0.29) is 11.6 Å². The number of aromatic nitrogens is 3. The molecule has 0 aliphatic carbocycles. The van der Waals surface area contributed by atoms with Crippen molar-refractivity contribution in [3.05, 3.63) is 11.9 Å². The summed E-state index contributed by atoms with van der Waals surface area (Å²) in [7, 11) is 1.27. The molecule has 0 aliphatic heterocycles. The van der Waals surface area contributed by atoms with Crippen molar-refractivity contribution >= 4 is 11.9 Å². The third-order valence-electron chi connectivity index (χ3n) is 2.51. The molecule has 0 aromatic carbocycles. The summed E-state index contributed by atoms with van der Waals surface area (Å²) in [5, 5.41) is 10.2. The summed E-state index contributed by atoms with van der Waals surface area (Å²) in [4.78, 5) is 22.9. The van der Waals surface area contributed by atoms with Crippen LogP contribution in [0.15, 0.2) is 6.20 Å². The van der Waals surface area contributed by atoms with Gasteiger partial charge in [-0.2, -0.15) is 0 Å². The summed E-state index contributed by atoms with van der Waals surface area (Å²) >= 11 is 0. The van der Waals surface area contributed by atoms with Crippen molar-refractivity contribution in [2.45, 2.75) is 32.7 Å². The number of carbonyl (C=O) groups excluding carboxylic acids is 2. The number of carbonyl (C=O) groups is 2. The Morgan fingerprint density at radius 3 is 2.89 bits per heavy atom. The summed E-state index contributed by atoms with van der Waals surface area (Å²) in [6, 6.07) is -0.507. The van der Waals surface area contributed by atoms with Crippen LogP contribution in [0.3, 0.4) is 0 Å². The lowest BCUT2D eigenvalue weighted by molar-refractivity contribution is -0.124. The predicted molar refractivity (Wildman–Crippen MR) is 64.0 cm³/mol. The molecule has 1 unspecified atom stereocenters. The predicted octanol–water partition coefficient (Wildman–Crippen LogP) is 0.542. The van der Waals surface area contributed by atoms with E-state index >= 15 is 0 Å². The molecule has 18 heavy (non-hydrogen) atoms. The Hall–Kier alpha value is -1.92. The highest BCUT2D eigenvalue weighted by atomic mass is 16.5. The summed E-state index contributed by atoms with van der Waals surface area (Å²) < 4.78 is 5.85. The van der Waals surface area contributed by atoms with E-state index < -0.39 is 12.0 Å². The molecule has 0 spiro atoms. The number of amides is 1. The minimum atomic E-state index is -0.570. The monoisotopic (exact) mass is 254 g/mol. The van der Waals surface area contributed by atoms with Gasteiger partial charge in [-0.15, -0.1) is 5.10 Å². The highest BCUT2D eigenvalue weighted by Crippen LogP contribution is 2.05. The highest BCUT2D eigenvalue weighted by Gasteiger charge is 2.18. The van der Waals surface area contributed by atoms with Crippen LogP contribution in [-0.4, -0.2) is 40.5 Å². The molecule has 7 heteroatoms. The van der Waals surface area contributed by atoms with Gasteiger partial charge in [0.2, 0.25) is 5.91 Å². The minimum absolute atomic E-state index is 0.0886. The summed E-state index contributed by atoms with van der Waals surface area (Å²) in [5.74, 6) is -0.718. The fraction of sp³-hybridized carbons (Fsp3) is 0.636. The first-order valence-electron chi connectivity index (χ1n) is 5.88. The average molecular weight is 254 g/mol. The maximum Gasteiger partial charge on any atom is 0.360 e. The van der Waals surface area contributed by atoms with Crippen LogP contribution < -0.4 is 5.32 Å². The van der Waals surface area contributed by atoms with Crippen LogP contribution in [0.25, 0.3) is 0 Å². The smallest absolute Gasteiger partial charge is 0.360 e. The van der Waals surface area contributed by atoms with Crippen molar-refractivity contribution < 1.29 is 14.3 Å². The second-order valence-electron chi connectivity index (χ2n) is 3.90. The molecule has 0 radical (unpaired) electrons. The van der Waals surface area contributed by atoms with E-state index in [1.807, 2.05) is 0 Å². The van der Waals surface area contributed by atoms with Gasteiger partial charge in [0.25, 0.3) is 0 Å². The summed E-state index contributed by atoms with van der Waals surface area (Å²) in [6.45, 7) is 4.38. The van der Waals surface area contributed by atoms with Crippen LogP contribution in [0.1, 0.15) is 43.2 Å². The van der Waals surface area contributed by atoms with Crippen molar-refractivity contribution in [1.29, 1.82) is 0 Å². The Morgan fingerprint density at radius 2 is 2.28 bits per heavy atom. The van der Waals surface area contributed by atoms with E-state index in [9.17, 15) is 9.59 Å². The second kappa shape index (κ2) is 6.73. The molecule has 0 saturated carbocycles. The van der Waals surface area contributed by atoms with E-state index in [2.05, 4.69) is 27.3 Å². The number of hydrogen-bond acceptors (Lipinski definition) is 5. The van der Waals surface area contributed by atoms with Crippen molar-refractivity contribution in [1.82, 2.24) is 20.3 Å². The number of nitrogens with zero attached hydrogens (tertiary/aromatic N) is 3. The van der Waals surface area contributed by atoms with Crippen molar-refractivity contribution in [3.8, 4) is 0 Å². The third-order valence-corrected chi connectivity index (χ3v) is 2.51. The quantitative estimate of drug-likeness (QED) is 0.591. The maximum atomic E-state index is 11.8. The standard InChI is InChI=1S/C11H18N4O3/c1-4-5-6-12-10(16)8(2)15-7-9(13-14-15)11(17)18-3/h7-8H,4-6H2,1-3H3,(H,12,16). The van der Waals surface area contributed by atoms with Crippen LogP contribution in [0.4, 0.5) is 0 Å². The van der Waals surface area contributed by atoms with E-state index in [1.165, 1.54) is 18.0 Å². The van der Waals surface area contributed by atoms with Crippen LogP contribution in [0, 0.1) is 0 Å². The number of hydrogen-bond donors (Lipinski definition) is 1. The zero-order valence-corrected chi connectivity index (χ0v) is 10.8. The van der Waals surface area contributed by atoms with Crippen molar-refractivity contribution in [2.24, 2.45) is 0 Å². The average Bonchev–Trinajstić information content (AvgIpc) is 2.86. The SMILES string of the molecule is CCCCNC(=O)C(C)n1cc(C(=O)OC)nn1. The van der Waals surface area contributed by atoms with E-state index in [0.717, 1.165) is 12.8 Å². The van der Waals surface area contributed by atoms with Gasteiger partial charge in [-0.25, -0.2) is 9.48 Å². The van der Waals surface area contributed by atoms with Crippen LogP contribution in [0.2, 0.25) is 0 Å². The molecule has 1 atom stereocenters. The van der Waals surface area contributed by atoms with E-state index in [1.54, 1.807) is 6.92 Å². The molecule has 1 heterocycles. The Morgan fingerprint density at radius 1 is 1.56 bits per heavy atom. The maximum absolute atomic E-state index is 11.8. The van der Waals surface area contributed by atoms with Gasteiger partial charge in [0.05, 0.1) is 13.3 Å². The summed E-state index contributed by atoms with van der Waals surface area (Å²) in [5.41, 5.74) is 0.0886. The fourth-order valence-electron chi connectivity index (χ4n) is 1.32. The van der Waals surface area contributed by atoms with Gasteiger partial charge in [0.15, 0.2) is 5.69 Å². The second-order valence-corrected chi connectivity index (χ2v) is 3.90. The van der Waals surface area contributed by atoms with Gasteiger partial charge < -0.3 is 10.1 Å². The Labute approximate surface area is 105 Å². The van der Waals surface area contributed by atoms with Gasteiger partial charge in [-0.05, 0) is 13.3 Å². The molecule has 100 valence electrons. The molecule has 0 fully saturated rings. The van der Waals surface area contributed by atoms with E-state index in [4.69, 9.17) is 0 Å². The van der Waals surface area contributed by atoms with Gasteiger partial charge >= 0.3 is 5.97 Å². The largest absolute Gasteiger partial charge is 0.464 e. The molecule has 1 amide bonds. The highest BCUT2D eigenvalue weighted by molar-refractivity contribution is 5.86. The van der Waals surface area contributed by atoms with Crippen molar-refractivity contribution in [2.75, 3.05) is 13.7 Å². The third kappa shape index (κ3) is 3.54. The first kappa shape index (κ1) is 14.1. The zero-order valence-electron chi connectivity index (χ0n) is 10.8. The number of unbranched alkanes of at least 4 members (excludes halogenated alkanes) is 1. The molecule has 1 rings (SSSR count). The summed E-state index contributed by atoms with van der Waals surface area (Å²) in [6.07, 6.45) is 3.35. The minimum Gasteiger partial charge on any atom is -0.464 e. The van der Waals surface area contributed by atoms with Crippen LogP contribution in [-0.2, 0) is 9.53 Å². The first-order valence-corrected chi connectivity index (χ1v) is 5.88. The number of rotatable bonds is 6. The molecule has 0 bridgehead atoms. The van der Waals surface area contributed by atoms with Gasteiger partial charge in [-0.3, -0.25) is 4.79 Å². The van der Waals surface area contributed by atoms with Gasteiger partial charge in [0, 0.05) is 6.54 Å². The van der Waals surface area contributed by atoms with Gasteiger partial charge in [-0.1, -0.05) is 18.6 Å². The number of esters is 1. The lowest BCUT2D eigenvalue weighted by atomic mass is 10.3. The molecule has 1 aromatic heterocycles. The molecule has 0 aliphatic rings. The Balaban J connectivity index is 2.60. The first-order chi connectivity index (χ1) is 8.60. The Bertz CT molecular complexity index is 416. The number of nitrogens with one attached hydrogen (secondary N) is 1. The molecule has 7 nitrogen and oxygen atoms in total. The van der Waals surface area contributed by atoms with Crippen LogP contribution >= 0.6 is 0 Å². The molecular weight excluding hydrogens is 236 g/mol. The fourth-order valence-corrected chi connectivity index (χ4v) is 1.32. The number of methoxy groups -OCH3 is 1. The number of ether oxygens (including phenoxy) is 1. The molecule has 1 aromatic rings.